The highest BCUT2D eigenvalue weighted by Crippen LogP contribution is 2.18. The van der Waals surface area contributed by atoms with Gasteiger partial charge in [-0.1, -0.05) is 29.5 Å². The molecule has 8 nitrogen and oxygen atoms in total. The van der Waals surface area contributed by atoms with E-state index in [0.29, 0.717) is 28.0 Å². The molecule has 0 saturated carbocycles. The number of nitrogens with zero attached hydrogens (tertiary/aromatic N) is 4. The lowest BCUT2D eigenvalue weighted by atomic mass is 10.1. The summed E-state index contributed by atoms with van der Waals surface area (Å²) >= 11 is 0. The number of benzene rings is 3. The molecule has 1 heterocycles. The molecule has 4 aromatic rings. The number of aromatic nitrogens is 3. The molecule has 9 heteroatoms. The van der Waals surface area contributed by atoms with E-state index in [1.807, 2.05) is 24.3 Å². The molecule has 1 aromatic heterocycles. The average Bonchev–Trinajstić information content (AvgIpc) is 3.26. The Kier molecular flexibility index (Phi) is 6.82. The first-order chi connectivity index (χ1) is 16.4. The number of para-hydroxylation sites is 1. The number of hydrogen-bond acceptors (Lipinski definition) is 5. The van der Waals surface area contributed by atoms with Crippen LogP contribution >= 0.6 is 0 Å². The van der Waals surface area contributed by atoms with E-state index in [0.717, 1.165) is 0 Å². The number of hydrogen-bond donors (Lipinski definition) is 1. The van der Waals surface area contributed by atoms with Gasteiger partial charge < -0.3 is 15.0 Å². The van der Waals surface area contributed by atoms with Crippen molar-refractivity contribution in [1.29, 1.82) is 0 Å². The Morgan fingerprint density at radius 1 is 1.06 bits per heavy atom. The second kappa shape index (κ2) is 10.1. The van der Waals surface area contributed by atoms with Gasteiger partial charge in [-0.15, -0.1) is 5.10 Å². The van der Waals surface area contributed by atoms with Crippen LogP contribution in [0.4, 0.5) is 10.1 Å². The molecular weight excluding hydrogens is 437 g/mol. The first-order valence-corrected chi connectivity index (χ1v) is 10.7. The molecule has 174 valence electrons. The normalized spacial score (nSPS) is 11.7. The maximum atomic E-state index is 13.4. The van der Waals surface area contributed by atoms with Gasteiger partial charge >= 0.3 is 0 Å². The first-order valence-electron chi connectivity index (χ1n) is 10.7. The molecule has 1 atom stereocenters. The summed E-state index contributed by atoms with van der Waals surface area (Å²) in [5, 5.41) is 11.0. The first kappa shape index (κ1) is 22.9. The number of carbonyl (C=O) groups is 2. The Morgan fingerprint density at radius 2 is 1.76 bits per heavy atom. The van der Waals surface area contributed by atoms with E-state index < -0.39 is 6.04 Å². The zero-order valence-corrected chi connectivity index (χ0v) is 18.8. The summed E-state index contributed by atoms with van der Waals surface area (Å²) < 4.78 is 20.0. The Morgan fingerprint density at radius 3 is 2.47 bits per heavy atom. The zero-order chi connectivity index (χ0) is 24.1. The van der Waals surface area contributed by atoms with E-state index >= 15 is 0 Å². The largest absolute Gasteiger partial charge is 0.497 e. The van der Waals surface area contributed by atoms with Gasteiger partial charge in [0.05, 0.1) is 12.6 Å². The van der Waals surface area contributed by atoms with Gasteiger partial charge in [-0.25, -0.2) is 9.07 Å². The van der Waals surface area contributed by atoms with E-state index in [9.17, 15) is 14.0 Å². The summed E-state index contributed by atoms with van der Waals surface area (Å²) in [5.74, 6) is -0.387. The number of fused-ring (bicyclic) bond motifs is 1. The third-order valence-corrected chi connectivity index (χ3v) is 5.50. The van der Waals surface area contributed by atoms with Crippen LogP contribution < -0.4 is 10.1 Å². The van der Waals surface area contributed by atoms with Crippen molar-refractivity contribution in [2.24, 2.45) is 0 Å². The third kappa shape index (κ3) is 5.20. The molecule has 0 radical (unpaired) electrons. The van der Waals surface area contributed by atoms with Gasteiger partial charge in [-0.2, -0.15) is 0 Å². The maximum Gasteiger partial charge on any atom is 0.246 e. The van der Waals surface area contributed by atoms with E-state index in [-0.39, 0.29) is 30.7 Å². The van der Waals surface area contributed by atoms with Crippen LogP contribution in [-0.2, 0) is 22.7 Å². The molecule has 1 N–H and O–H groups in total. The average molecular weight is 461 g/mol. The molecule has 0 fully saturated rings. The topological polar surface area (TPSA) is 89.4 Å². The fourth-order valence-corrected chi connectivity index (χ4v) is 3.54. The van der Waals surface area contributed by atoms with Crippen molar-refractivity contribution >= 4 is 28.5 Å². The Bertz CT molecular complexity index is 1290. The summed E-state index contributed by atoms with van der Waals surface area (Å²) in [5.41, 5.74) is 2.66. The number of amides is 2. The fraction of sp³-hybridized carbons (Fsp3) is 0.200. The predicted molar refractivity (Wildman–Crippen MR) is 126 cm³/mol. The number of rotatable bonds is 8. The predicted octanol–water partition coefficient (Wildman–Crippen LogP) is 3.64. The highest BCUT2D eigenvalue weighted by atomic mass is 19.1. The van der Waals surface area contributed by atoms with E-state index in [1.54, 1.807) is 50.4 Å². The highest BCUT2D eigenvalue weighted by Gasteiger charge is 2.27. The Hall–Kier alpha value is -4.27. The SMILES string of the molecule is COc1ccc(NC(=O)C(C)N(Cc2ccc(F)cc2)C(=O)Cn2nnc3ccccc32)cc1. The summed E-state index contributed by atoms with van der Waals surface area (Å²) in [6, 6.07) is 19.2. The van der Waals surface area contributed by atoms with Crippen molar-refractivity contribution < 1.29 is 18.7 Å². The van der Waals surface area contributed by atoms with E-state index in [1.165, 1.54) is 21.7 Å². The number of anilines is 1. The van der Waals surface area contributed by atoms with Crippen molar-refractivity contribution in [1.82, 2.24) is 19.9 Å². The number of ether oxygens (including phenoxy) is 1. The summed E-state index contributed by atoms with van der Waals surface area (Å²) in [7, 11) is 1.56. The molecule has 0 bridgehead atoms. The van der Waals surface area contributed by atoms with E-state index in [4.69, 9.17) is 4.74 Å². The highest BCUT2D eigenvalue weighted by molar-refractivity contribution is 5.97. The number of carbonyl (C=O) groups excluding carboxylic acids is 2. The fourth-order valence-electron chi connectivity index (χ4n) is 3.54. The molecule has 0 saturated heterocycles. The molecular formula is C25H24FN5O3. The molecule has 0 spiro atoms. The summed E-state index contributed by atoms with van der Waals surface area (Å²) in [6.07, 6.45) is 0. The minimum atomic E-state index is -0.811. The minimum Gasteiger partial charge on any atom is -0.497 e. The number of nitrogens with one attached hydrogen (secondary N) is 1. The molecule has 3 aromatic carbocycles. The van der Waals surface area contributed by atoms with Crippen molar-refractivity contribution in [2.45, 2.75) is 26.1 Å². The van der Waals surface area contributed by atoms with Crippen LogP contribution in [0.3, 0.4) is 0 Å². The van der Waals surface area contributed by atoms with Crippen molar-refractivity contribution in [3.8, 4) is 5.75 Å². The van der Waals surface area contributed by atoms with Crippen molar-refractivity contribution in [2.75, 3.05) is 12.4 Å². The van der Waals surface area contributed by atoms with Gasteiger partial charge in [0.25, 0.3) is 0 Å². The molecule has 0 aliphatic rings. The van der Waals surface area contributed by atoms with E-state index in [2.05, 4.69) is 15.6 Å². The third-order valence-electron chi connectivity index (χ3n) is 5.50. The monoisotopic (exact) mass is 461 g/mol. The minimum absolute atomic E-state index is 0.0954. The molecule has 0 aliphatic carbocycles. The lowest BCUT2D eigenvalue weighted by molar-refractivity contribution is -0.139. The van der Waals surface area contributed by atoms with Gasteiger partial charge in [0.2, 0.25) is 11.8 Å². The summed E-state index contributed by atoms with van der Waals surface area (Å²) in [6.45, 7) is 1.69. The lowest BCUT2D eigenvalue weighted by Gasteiger charge is -2.29. The zero-order valence-electron chi connectivity index (χ0n) is 18.8. The standard InChI is InChI=1S/C25H24FN5O3/c1-17(25(33)27-20-11-13-21(34-2)14-12-20)30(15-18-7-9-19(26)10-8-18)24(32)16-31-23-6-4-3-5-22(23)28-29-31/h3-14,17H,15-16H2,1-2H3,(H,27,33). The van der Waals surface area contributed by atoms with Crippen molar-refractivity contribution in [3.63, 3.8) is 0 Å². The molecule has 0 aliphatic heterocycles. The lowest BCUT2D eigenvalue weighted by Crippen LogP contribution is -2.46. The number of halogens is 1. The van der Waals surface area contributed by atoms with Crippen LogP contribution in [0.2, 0.25) is 0 Å². The van der Waals surface area contributed by atoms with Gasteiger partial charge in [-0.3, -0.25) is 9.59 Å². The molecule has 2 amide bonds. The van der Waals surface area contributed by atoms with Gasteiger partial charge in [0.1, 0.15) is 29.7 Å². The van der Waals surface area contributed by atoms with Crippen LogP contribution in [-0.4, -0.2) is 44.9 Å². The molecule has 4 rings (SSSR count). The second-order valence-electron chi connectivity index (χ2n) is 7.78. The quantitative estimate of drug-likeness (QED) is 0.433. The number of methoxy groups -OCH3 is 1. The van der Waals surface area contributed by atoms with Crippen LogP contribution in [0.1, 0.15) is 12.5 Å². The Balaban J connectivity index is 1.56. The van der Waals surface area contributed by atoms with Crippen LogP contribution in [0.25, 0.3) is 11.0 Å². The smallest absolute Gasteiger partial charge is 0.246 e. The summed E-state index contributed by atoms with van der Waals surface area (Å²) in [4.78, 5) is 27.9. The van der Waals surface area contributed by atoms with Gasteiger partial charge in [-0.05, 0) is 61.0 Å². The van der Waals surface area contributed by atoms with Crippen molar-refractivity contribution in [3.05, 3.63) is 84.2 Å². The maximum absolute atomic E-state index is 13.4. The van der Waals surface area contributed by atoms with Crippen LogP contribution in [0.15, 0.2) is 72.8 Å². The Labute approximate surface area is 195 Å². The van der Waals surface area contributed by atoms with Gasteiger partial charge in [0, 0.05) is 12.2 Å². The van der Waals surface area contributed by atoms with Gasteiger partial charge in [0.15, 0.2) is 0 Å². The molecule has 1 unspecified atom stereocenters. The second-order valence-corrected chi connectivity index (χ2v) is 7.78. The molecule has 34 heavy (non-hydrogen) atoms. The van der Waals surface area contributed by atoms with Crippen LogP contribution in [0, 0.1) is 5.82 Å². The van der Waals surface area contributed by atoms with Crippen LogP contribution in [0.5, 0.6) is 5.75 Å².